The number of nitrogens with one attached hydrogen (secondary N) is 1. The van der Waals surface area contributed by atoms with E-state index in [-0.39, 0.29) is 5.82 Å². The van der Waals surface area contributed by atoms with E-state index in [0.29, 0.717) is 23.8 Å². The van der Waals surface area contributed by atoms with Gasteiger partial charge in [-0.05, 0) is 31.5 Å². The number of benzene rings is 1. The lowest BCUT2D eigenvalue weighted by Crippen LogP contribution is -2.08. The summed E-state index contributed by atoms with van der Waals surface area (Å²) in [5.41, 5.74) is 1.07. The third-order valence-corrected chi connectivity index (χ3v) is 3.67. The van der Waals surface area contributed by atoms with Gasteiger partial charge in [0, 0.05) is 16.6 Å². The largest absolute Gasteiger partial charge is 0.497 e. The van der Waals surface area contributed by atoms with Gasteiger partial charge in [0.25, 0.3) is 0 Å². The maximum atomic E-state index is 14.0. The number of aromatic nitrogens is 2. The molecule has 0 aliphatic rings. The quantitative estimate of drug-likeness (QED) is 0.875. The van der Waals surface area contributed by atoms with Gasteiger partial charge >= 0.3 is 0 Å². The second kappa shape index (κ2) is 6.85. The molecule has 0 saturated heterocycles. The summed E-state index contributed by atoms with van der Waals surface area (Å²) in [6.45, 7) is 4.30. The molecule has 0 bridgehead atoms. The Morgan fingerprint density at radius 1 is 1.33 bits per heavy atom. The Bertz CT molecular complexity index is 649. The Morgan fingerprint density at radius 2 is 2.10 bits per heavy atom. The zero-order valence-corrected chi connectivity index (χ0v) is 13.8. The van der Waals surface area contributed by atoms with Crippen LogP contribution in [0.1, 0.15) is 19.0 Å². The first-order valence-electron chi connectivity index (χ1n) is 6.68. The number of hydrogen-bond acceptors (Lipinski definition) is 4. The average molecular weight is 354 g/mol. The molecule has 0 saturated carbocycles. The van der Waals surface area contributed by atoms with Crippen LogP contribution in [0.4, 0.5) is 10.2 Å². The molecule has 1 aromatic carbocycles. The molecule has 6 heteroatoms. The van der Waals surface area contributed by atoms with Gasteiger partial charge in [-0.25, -0.2) is 14.4 Å². The molecular formula is C15H17BrFN3O. The number of anilines is 1. The monoisotopic (exact) mass is 353 g/mol. The minimum absolute atomic E-state index is 0.231. The SMILES string of the molecule is CCCNc1nc(-c2cc(OC)ccc2Br)nc(C)c1F. The first-order valence-corrected chi connectivity index (χ1v) is 7.48. The van der Waals surface area contributed by atoms with Crippen molar-refractivity contribution in [2.75, 3.05) is 19.0 Å². The van der Waals surface area contributed by atoms with Gasteiger partial charge in [0.1, 0.15) is 5.75 Å². The number of methoxy groups -OCH3 is 1. The minimum atomic E-state index is -0.411. The smallest absolute Gasteiger partial charge is 0.186 e. The molecule has 4 nitrogen and oxygen atoms in total. The maximum absolute atomic E-state index is 14.0. The minimum Gasteiger partial charge on any atom is -0.497 e. The lowest BCUT2D eigenvalue weighted by atomic mass is 10.2. The molecule has 0 fully saturated rings. The molecule has 1 N–H and O–H groups in total. The molecule has 0 aliphatic carbocycles. The molecule has 0 unspecified atom stereocenters. The third-order valence-electron chi connectivity index (χ3n) is 2.97. The van der Waals surface area contributed by atoms with E-state index in [9.17, 15) is 4.39 Å². The van der Waals surface area contributed by atoms with Crippen LogP contribution in [-0.4, -0.2) is 23.6 Å². The van der Waals surface area contributed by atoms with Crippen molar-refractivity contribution >= 4 is 21.7 Å². The van der Waals surface area contributed by atoms with Crippen LogP contribution in [0.15, 0.2) is 22.7 Å². The van der Waals surface area contributed by atoms with Crippen LogP contribution in [0, 0.1) is 12.7 Å². The van der Waals surface area contributed by atoms with Gasteiger partial charge in [-0.1, -0.05) is 22.9 Å². The van der Waals surface area contributed by atoms with Crippen LogP contribution < -0.4 is 10.1 Å². The summed E-state index contributed by atoms with van der Waals surface area (Å²) < 4.78 is 20.1. The lowest BCUT2D eigenvalue weighted by Gasteiger charge is -2.11. The van der Waals surface area contributed by atoms with Gasteiger partial charge in [-0.2, -0.15) is 0 Å². The zero-order valence-electron chi connectivity index (χ0n) is 12.2. The Labute approximate surface area is 131 Å². The van der Waals surface area contributed by atoms with Crippen LogP contribution in [0.3, 0.4) is 0 Å². The van der Waals surface area contributed by atoms with Gasteiger partial charge in [0.2, 0.25) is 0 Å². The fourth-order valence-corrected chi connectivity index (χ4v) is 2.27. The summed E-state index contributed by atoms with van der Waals surface area (Å²) in [6, 6.07) is 5.51. The third kappa shape index (κ3) is 3.50. The van der Waals surface area contributed by atoms with E-state index in [4.69, 9.17) is 4.74 Å². The van der Waals surface area contributed by atoms with Crippen LogP contribution >= 0.6 is 15.9 Å². The normalized spacial score (nSPS) is 10.5. The predicted molar refractivity (Wildman–Crippen MR) is 85.2 cm³/mol. The highest BCUT2D eigenvalue weighted by Gasteiger charge is 2.14. The van der Waals surface area contributed by atoms with Gasteiger partial charge in [0.05, 0.1) is 12.8 Å². The molecule has 0 aliphatic heterocycles. The van der Waals surface area contributed by atoms with Gasteiger partial charge < -0.3 is 10.1 Å². The standard InChI is InChI=1S/C15H17BrFN3O/c1-4-7-18-15-13(17)9(2)19-14(20-15)11-8-10(21-3)5-6-12(11)16/h5-6,8H,4,7H2,1-3H3,(H,18,19,20). The van der Waals surface area contributed by atoms with Crippen molar-refractivity contribution in [3.05, 3.63) is 34.2 Å². The molecular weight excluding hydrogens is 337 g/mol. The summed E-state index contributed by atoms with van der Waals surface area (Å²) in [5.74, 6) is 0.973. The highest BCUT2D eigenvalue weighted by molar-refractivity contribution is 9.10. The molecule has 1 heterocycles. The zero-order chi connectivity index (χ0) is 15.4. The van der Waals surface area contributed by atoms with E-state index in [1.807, 2.05) is 25.1 Å². The fourth-order valence-electron chi connectivity index (χ4n) is 1.84. The summed E-state index contributed by atoms with van der Waals surface area (Å²) in [6.07, 6.45) is 0.890. The molecule has 0 radical (unpaired) electrons. The summed E-state index contributed by atoms with van der Waals surface area (Å²) in [7, 11) is 1.60. The second-order valence-corrected chi connectivity index (χ2v) is 5.42. The van der Waals surface area contributed by atoms with Crippen LogP contribution in [0.25, 0.3) is 11.4 Å². The van der Waals surface area contributed by atoms with Gasteiger partial charge in [-0.3, -0.25) is 0 Å². The van der Waals surface area contributed by atoms with E-state index in [1.54, 1.807) is 14.0 Å². The second-order valence-electron chi connectivity index (χ2n) is 4.57. The highest BCUT2D eigenvalue weighted by atomic mass is 79.9. The Balaban J connectivity index is 2.51. The van der Waals surface area contributed by atoms with Crippen molar-refractivity contribution in [1.29, 1.82) is 0 Å². The van der Waals surface area contributed by atoms with E-state index >= 15 is 0 Å². The molecule has 0 atom stereocenters. The average Bonchev–Trinajstić information content (AvgIpc) is 2.49. The van der Waals surface area contributed by atoms with E-state index in [1.165, 1.54) is 0 Å². The molecule has 0 spiro atoms. The number of aryl methyl sites for hydroxylation is 1. The summed E-state index contributed by atoms with van der Waals surface area (Å²) >= 11 is 3.47. The van der Waals surface area contributed by atoms with E-state index in [2.05, 4.69) is 31.2 Å². The summed E-state index contributed by atoms with van der Waals surface area (Å²) in [5, 5.41) is 2.99. The van der Waals surface area contributed by atoms with Crippen molar-refractivity contribution in [1.82, 2.24) is 9.97 Å². The topological polar surface area (TPSA) is 47.0 Å². The van der Waals surface area contributed by atoms with Gasteiger partial charge in [-0.15, -0.1) is 0 Å². The Morgan fingerprint density at radius 3 is 2.76 bits per heavy atom. The number of hydrogen-bond donors (Lipinski definition) is 1. The first kappa shape index (κ1) is 15.7. The van der Waals surface area contributed by atoms with Crippen molar-refractivity contribution < 1.29 is 9.13 Å². The first-order chi connectivity index (χ1) is 10.1. The number of nitrogens with zero attached hydrogens (tertiary/aromatic N) is 2. The molecule has 1 aromatic heterocycles. The van der Waals surface area contributed by atoms with E-state index < -0.39 is 5.82 Å². The number of rotatable bonds is 5. The Hall–Kier alpha value is -1.69. The molecule has 2 aromatic rings. The van der Waals surface area contributed by atoms with Crippen molar-refractivity contribution in [2.45, 2.75) is 20.3 Å². The van der Waals surface area contributed by atoms with Crippen molar-refractivity contribution in [3.8, 4) is 17.1 Å². The van der Waals surface area contributed by atoms with Crippen molar-refractivity contribution in [3.63, 3.8) is 0 Å². The predicted octanol–water partition coefficient (Wildman–Crippen LogP) is 4.18. The number of ether oxygens (including phenoxy) is 1. The summed E-state index contributed by atoms with van der Waals surface area (Å²) in [4.78, 5) is 8.53. The molecule has 0 amide bonds. The van der Waals surface area contributed by atoms with Crippen LogP contribution in [-0.2, 0) is 0 Å². The Kier molecular flexibility index (Phi) is 5.12. The molecule has 2 rings (SSSR count). The van der Waals surface area contributed by atoms with E-state index in [0.717, 1.165) is 16.5 Å². The maximum Gasteiger partial charge on any atom is 0.186 e. The highest BCUT2D eigenvalue weighted by Crippen LogP contribution is 2.31. The van der Waals surface area contributed by atoms with Crippen LogP contribution in [0.2, 0.25) is 0 Å². The fraction of sp³-hybridized carbons (Fsp3) is 0.333. The van der Waals surface area contributed by atoms with Gasteiger partial charge in [0.15, 0.2) is 17.5 Å². The lowest BCUT2D eigenvalue weighted by molar-refractivity contribution is 0.415. The molecule has 112 valence electrons. The number of halogens is 2. The van der Waals surface area contributed by atoms with Crippen molar-refractivity contribution in [2.24, 2.45) is 0 Å². The molecule has 21 heavy (non-hydrogen) atoms. The van der Waals surface area contributed by atoms with Crippen LogP contribution in [0.5, 0.6) is 5.75 Å².